The highest BCUT2D eigenvalue weighted by Gasteiger charge is 2.44. The van der Waals surface area contributed by atoms with E-state index in [1.807, 2.05) is 6.07 Å². The fourth-order valence-electron chi connectivity index (χ4n) is 3.18. The van der Waals surface area contributed by atoms with Crippen molar-refractivity contribution in [3.05, 3.63) is 35.4 Å². The quantitative estimate of drug-likeness (QED) is 0.866. The summed E-state index contributed by atoms with van der Waals surface area (Å²) in [5, 5.41) is 3.38. The van der Waals surface area contributed by atoms with E-state index in [0.29, 0.717) is 12.0 Å². The Hall–Kier alpha value is -1.03. The molecule has 0 radical (unpaired) electrons. The molecule has 112 valence electrons. The Bertz CT molecular complexity index is 459. The molecule has 2 rings (SSSR count). The molecule has 1 nitrogen and oxygen atoms in total. The van der Waals surface area contributed by atoms with Crippen LogP contribution < -0.4 is 5.32 Å². The van der Waals surface area contributed by atoms with Crippen LogP contribution in [0.15, 0.2) is 24.3 Å². The highest BCUT2D eigenvalue weighted by molar-refractivity contribution is 5.34. The lowest BCUT2D eigenvalue weighted by atomic mass is 9.59. The molecule has 1 N–H and O–H groups in total. The van der Waals surface area contributed by atoms with Crippen molar-refractivity contribution in [1.82, 2.24) is 5.32 Å². The Kier molecular flexibility index (Phi) is 4.14. The maximum Gasteiger partial charge on any atom is 0.416 e. The molecule has 1 aromatic rings. The standard InChI is InChI=1S/C16H22F3N/c1-11(2)20-10-15(8-12(3)9-15)13-5-4-6-14(7-13)16(17,18)19/h4-7,11-12,20H,8-10H2,1-3H3. The Labute approximate surface area is 118 Å². The predicted molar refractivity (Wildman–Crippen MR) is 74.7 cm³/mol. The van der Waals surface area contributed by atoms with Crippen LogP contribution in [0.25, 0.3) is 0 Å². The topological polar surface area (TPSA) is 12.0 Å². The minimum Gasteiger partial charge on any atom is -0.314 e. The van der Waals surface area contributed by atoms with Gasteiger partial charge in [-0.1, -0.05) is 39.0 Å². The van der Waals surface area contributed by atoms with Crippen molar-refractivity contribution in [2.45, 2.75) is 51.2 Å². The highest BCUT2D eigenvalue weighted by Crippen LogP contribution is 2.48. The SMILES string of the molecule is CC1CC(CNC(C)C)(c2cccc(C(F)(F)F)c2)C1. The van der Waals surface area contributed by atoms with Crippen molar-refractivity contribution in [2.75, 3.05) is 6.54 Å². The van der Waals surface area contributed by atoms with Crippen molar-refractivity contribution >= 4 is 0 Å². The fourth-order valence-corrected chi connectivity index (χ4v) is 3.18. The molecule has 0 atom stereocenters. The van der Waals surface area contributed by atoms with Gasteiger partial charge in [0.2, 0.25) is 0 Å². The summed E-state index contributed by atoms with van der Waals surface area (Å²) in [5.74, 6) is 0.582. The lowest BCUT2D eigenvalue weighted by molar-refractivity contribution is -0.137. The highest BCUT2D eigenvalue weighted by atomic mass is 19.4. The summed E-state index contributed by atoms with van der Waals surface area (Å²) in [5.41, 5.74) is 0.141. The third kappa shape index (κ3) is 3.17. The largest absolute Gasteiger partial charge is 0.416 e. The summed E-state index contributed by atoms with van der Waals surface area (Å²) in [6.07, 6.45) is -2.36. The van der Waals surface area contributed by atoms with Crippen LogP contribution in [0.3, 0.4) is 0 Å². The van der Waals surface area contributed by atoms with Crippen LogP contribution in [0.1, 0.15) is 44.7 Å². The van der Waals surface area contributed by atoms with Gasteiger partial charge in [0.05, 0.1) is 5.56 Å². The molecule has 0 saturated heterocycles. The van der Waals surface area contributed by atoms with Gasteiger partial charge < -0.3 is 5.32 Å². The second-order valence-corrected chi connectivity index (χ2v) is 6.41. The maximum absolute atomic E-state index is 12.9. The van der Waals surface area contributed by atoms with E-state index in [1.54, 1.807) is 0 Å². The zero-order chi connectivity index (χ0) is 15.0. The molecule has 1 aliphatic carbocycles. The normalized spacial score (nSPS) is 26.6. The first-order valence-corrected chi connectivity index (χ1v) is 7.14. The number of hydrogen-bond donors (Lipinski definition) is 1. The summed E-state index contributed by atoms with van der Waals surface area (Å²) >= 11 is 0. The molecular formula is C16H22F3N. The lowest BCUT2D eigenvalue weighted by Crippen LogP contribution is -2.49. The van der Waals surface area contributed by atoms with Crippen molar-refractivity contribution in [2.24, 2.45) is 5.92 Å². The van der Waals surface area contributed by atoms with Gasteiger partial charge in [0, 0.05) is 18.0 Å². The molecule has 0 heterocycles. The summed E-state index contributed by atoms with van der Waals surface area (Å²) in [4.78, 5) is 0. The van der Waals surface area contributed by atoms with E-state index in [1.165, 1.54) is 12.1 Å². The average molecular weight is 285 g/mol. The van der Waals surface area contributed by atoms with Crippen LogP contribution in [0.2, 0.25) is 0 Å². The Morgan fingerprint density at radius 3 is 2.45 bits per heavy atom. The van der Waals surface area contributed by atoms with Gasteiger partial charge in [0.1, 0.15) is 0 Å². The van der Waals surface area contributed by atoms with Gasteiger partial charge in [-0.3, -0.25) is 0 Å². The first kappa shape index (κ1) is 15.4. The molecule has 4 heteroatoms. The van der Waals surface area contributed by atoms with Gasteiger partial charge in [0.15, 0.2) is 0 Å². The van der Waals surface area contributed by atoms with Gasteiger partial charge in [-0.25, -0.2) is 0 Å². The third-order valence-electron chi connectivity index (χ3n) is 4.13. The molecule has 0 aliphatic heterocycles. The number of benzene rings is 1. The predicted octanol–water partition coefficient (Wildman–Crippen LogP) is 4.37. The Morgan fingerprint density at radius 2 is 1.95 bits per heavy atom. The molecule has 1 aromatic carbocycles. The van der Waals surface area contributed by atoms with E-state index >= 15 is 0 Å². The van der Waals surface area contributed by atoms with Crippen LogP contribution in [0.4, 0.5) is 13.2 Å². The van der Waals surface area contributed by atoms with Crippen LogP contribution in [-0.2, 0) is 11.6 Å². The smallest absolute Gasteiger partial charge is 0.314 e. The number of rotatable bonds is 4. The minimum absolute atomic E-state index is 0.134. The summed E-state index contributed by atoms with van der Waals surface area (Å²) < 4.78 is 38.6. The number of halogens is 3. The Balaban J connectivity index is 2.26. The second kappa shape index (κ2) is 5.40. The first-order valence-electron chi connectivity index (χ1n) is 7.14. The summed E-state index contributed by atoms with van der Waals surface area (Å²) in [6.45, 7) is 7.02. The van der Waals surface area contributed by atoms with Gasteiger partial charge in [-0.05, 0) is 30.4 Å². The van der Waals surface area contributed by atoms with Crippen molar-refractivity contribution in [1.29, 1.82) is 0 Å². The average Bonchev–Trinajstić information content (AvgIpc) is 2.32. The van der Waals surface area contributed by atoms with E-state index in [9.17, 15) is 13.2 Å². The molecule has 1 fully saturated rings. The lowest BCUT2D eigenvalue weighted by Gasteiger charge is -2.48. The zero-order valence-corrected chi connectivity index (χ0v) is 12.2. The van der Waals surface area contributed by atoms with Gasteiger partial charge >= 0.3 is 6.18 Å². The van der Waals surface area contributed by atoms with Gasteiger partial charge in [-0.2, -0.15) is 13.2 Å². The summed E-state index contributed by atoms with van der Waals surface area (Å²) in [6, 6.07) is 6.18. The van der Waals surface area contributed by atoms with Crippen molar-refractivity contribution in [3.63, 3.8) is 0 Å². The first-order chi connectivity index (χ1) is 9.23. The van der Waals surface area contributed by atoms with E-state index in [0.717, 1.165) is 31.0 Å². The Morgan fingerprint density at radius 1 is 1.30 bits per heavy atom. The molecule has 0 spiro atoms. The third-order valence-corrected chi connectivity index (χ3v) is 4.13. The van der Waals surface area contributed by atoms with Crippen LogP contribution in [0, 0.1) is 5.92 Å². The monoisotopic (exact) mass is 285 g/mol. The van der Waals surface area contributed by atoms with E-state index < -0.39 is 11.7 Å². The van der Waals surface area contributed by atoms with E-state index in [4.69, 9.17) is 0 Å². The molecule has 0 unspecified atom stereocenters. The number of alkyl halides is 3. The number of nitrogens with one attached hydrogen (secondary N) is 1. The number of hydrogen-bond acceptors (Lipinski definition) is 1. The van der Waals surface area contributed by atoms with Gasteiger partial charge in [0.25, 0.3) is 0 Å². The van der Waals surface area contributed by atoms with Crippen molar-refractivity contribution in [3.8, 4) is 0 Å². The molecule has 20 heavy (non-hydrogen) atoms. The molecule has 1 saturated carbocycles. The van der Waals surface area contributed by atoms with Gasteiger partial charge in [-0.15, -0.1) is 0 Å². The molecule has 0 aromatic heterocycles. The van der Waals surface area contributed by atoms with E-state index in [-0.39, 0.29) is 5.41 Å². The fraction of sp³-hybridized carbons (Fsp3) is 0.625. The zero-order valence-electron chi connectivity index (χ0n) is 12.2. The molecular weight excluding hydrogens is 263 g/mol. The minimum atomic E-state index is -4.27. The summed E-state index contributed by atoms with van der Waals surface area (Å²) in [7, 11) is 0. The molecule has 1 aliphatic rings. The maximum atomic E-state index is 12.9. The van der Waals surface area contributed by atoms with Crippen LogP contribution in [0.5, 0.6) is 0 Å². The van der Waals surface area contributed by atoms with Crippen molar-refractivity contribution < 1.29 is 13.2 Å². The van der Waals surface area contributed by atoms with Crippen LogP contribution in [-0.4, -0.2) is 12.6 Å². The van der Waals surface area contributed by atoms with Crippen LogP contribution >= 0.6 is 0 Å². The second-order valence-electron chi connectivity index (χ2n) is 6.41. The van der Waals surface area contributed by atoms with E-state index in [2.05, 4.69) is 26.1 Å². The molecule has 0 bridgehead atoms. The molecule has 0 amide bonds.